The maximum Gasteiger partial charge on any atom is 0.315 e. The highest BCUT2D eigenvalue weighted by atomic mass is 16.2. The Morgan fingerprint density at radius 2 is 1.67 bits per heavy atom. The van der Waals surface area contributed by atoms with E-state index in [-0.39, 0.29) is 18.1 Å². The molecule has 5 nitrogen and oxygen atoms in total. The van der Waals surface area contributed by atoms with Crippen molar-refractivity contribution in [3.63, 3.8) is 0 Å². The molecule has 2 amide bonds. The Kier molecular flexibility index (Phi) is 4.51. The van der Waals surface area contributed by atoms with Crippen LogP contribution in [0, 0.1) is 6.92 Å². The standard InChI is InChI=1S/C19H22N4O/c1-12-8-4-5-9-15(12)13(2)20-19(24)21-14(3)18-22-16-10-6-7-11-17(16)23-18/h4-11,13-14H,1-3H3,(H,22,23)(H2,20,21,24). The maximum atomic E-state index is 12.3. The smallest absolute Gasteiger partial charge is 0.315 e. The fourth-order valence-corrected chi connectivity index (χ4v) is 2.83. The largest absolute Gasteiger partial charge is 0.340 e. The molecule has 3 rings (SSSR count). The number of aromatic nitrogens is 2. The molecule has 2 unspecified atom stereocenters. The summed E-state index contributed by atoms with van der Waals surface area (Å²) in [6.07, 6.45) is 0. The van der Waals surface area contributed by atoms with E-state index in [1.807, 2.05) is 69.3 Å². The van der Waals surface area contributed by atoms with Crippen molar-refractivity contribution in [1.82, 2.24) is 20.6 Å². The van der Waals surface area contributed by atoms with E-state index in [1.165, 1.54) is 0 Å². The van der Waals surface area contributed by atoms with Gasteiger partial charge in [0, 0.05) is 0 Å². The molecule has 0 saturated carbocycles. The van der Waals surface area contributed by atoms with Crippen molar-refractivity contribution in [3.05, 3.63) is 65.5 Å². The highest BCUT2D eigenvalue weighted by molar-refractivity contribution is 5.76. The predicted octanol–water partition coefficient (Wildman–Crippen LogP) is 3.99. The minimum atomic E-state index is -0.210. The van der Waals surface area contributed by atoms with Gasteiger partial charge in [0.1, 0.15) is 5.82 Å². The van der Waals surface area contributed by atoms with E-state index in [4.69, 9.17) is 0 Å². The highest BCUT2D eigenvalue weighted by Gasteiger charge is 2.16. The number of carbonyl (C=O) groups excluding carboxylic acids is 1. The van der Waals surface area contributed by atoms with Crippen LogP contribution < -0.4 is 10.6 Å². The molecule has 0 aliphatic rings. The Bertz CT molecular complexity index is 822. The summed E-state index contributed by atoms with van der Waals surface area (Å²) < 4.78 is 0. The van der Waals surface area contributed by atoms with Crippen molar-refractivity contribution < 1.29 is 4.79 Å². The van der Waals surface area contributed by atoms with Crippen LogP contribution in [0.4, 0.5) is 4.79 Å². The molecule has 5 heteroatoms. The third-order valence-electron chi connectivity index (χ3n) is 4.17. The van der Waals surface area contributed by atoms with Crippen LogP contribution in [0.5, 0.6) is 0 Å². The molecule has 0 spiro atoms. The second-order valence-corrected chi connectivity index (χ2v) is 6.06. The normalized spacial score (nSPS) is 13.5. The first-order chi connectivity index (χ1) is 11.5. The molecule has 3 aromatic rings. The van der Waals surface area contributed by atoms with Crippen molar-refractivity contribution in [1.29, 1.82) is 0 Å². The summed E-state index contributed by atoms with van der Waals surface area (Å²) in [6.45, 7) is 5.94. The summed E-state index contributed by atoms with van der Waals surface area (Å²) in [4.78, 5) is 20.0. The lowest BCUT2D eigenvalue weighted by Gasteiger charge is -2.19. The Morgan fingerprint density at radius 1 is 1.00 bits per heavy atom. The first-order valence-electron chi connectivity index (χ1n) is 8.12. The first-order valence-corrected chi connectivity index (χ1v) is 8.12. The van der Waals surface area contributed by atoms with Crippen molar-refractivity contribution in [2.45, 2.75) is 32.9 Å². The topological polar surface area (TPSA) is 69.8 Å². The van der Waals surface area contributed by atoms with Gasteiger partial charge in [-0.3, -0.25) is 0 Å². The zero-order chi connectivity index (χ0) is 17.1. The third-order valence-corrected chi connectivity index (χ3v) is 4.17. The third kappa shape index (κ3) is 3.40. The lowest BCUT2D eigenvalue weighted by Crippen LogP contribution is -2.38. The van der Waals surface area contributed by atoms with E-state index in [0.29, 0.717) is 0 Å². The summed E-state index contributed by atoms with van der Waals surface area (Å²) in [7, 11) is 0. The quantitative estimate of drug-likeness (QED) is 0.679. The number of hydrogen-bond donors (Lipinski definition) is 3. The van der Waals surface area contributed by atoms with Crippen LogP contribution in [0.3, 0.4) is 0 Å². The number of nitrogens with one attached hydrogen (secondary N) is 3. The number of benzene rings is 2. The number of urea groups is 1. The molecule has 0 saturated heterocycles. The van der Waals surface area contributed by atoms with E-state index >= 15 is 0 Å². The number of aryl methyl sites for hydroxylation is 1. The molecule has 1 heterocycles. The molecule has 24 heavy (non-hydrogen) atoms. The summed E-state index contributed by atoms with van der Waals surface area (Å²) in [5, 5.41) is 5.91. The number of imidazole rings is 1. The van der Waals surface area contributed by atoms with Crippen LogP contribution >= 0.6 is 0 Å². The Labute approximate surface area is 141 Å². The Balaban J connectivity index is 1.64. The molecule has 0 aliphatic carbocycles. The number of hydrogen-bond acceptors (Lipinski definition) is 2. The molecular formula is C19H22N4O. The van der Waals surface area contributed by atoms with Crippen molar-refractivity contribution in [2.75, 3.05) is 0 Å². The molecule has 1 aromatic heterocycles. The van der Waals surface area contributed by atoms with Crippen molar-refractivity contribution >= 4 is 17.1 Å². The molecule has 0 aliphatic heterocycles. The zero-order valence-corrected chi connectivity index (χ0v) is 14.1. The van der Waals surface area contributed by atoms with Gasteiger partial charge in [-0.2, -0.15) is 0 Å². The second kappa shape index (κ2) is 6.74. The summed E-state index contributed by atoms with van der Waals surface area (Å²) in [5.41, 5.74) is 4.14. The minimum Gasteiger partial charge on any atom is -0.340 e. The lowest BCUT2D eigenvalue weighted by molar-refractivity contribution is 0.234. The van der Waals surface area contributed by atoms with Crippen LogP contribution in [-0.4, -0.2) is 16.0 Å². The Hall–Kier alpha value is -2.82. The van der Waals surface area contributed by atoms with Crippen molar-refractivity contribution in [3.8, 4) is 0 Å². The average Bonchev–Trinajstić information content (AvgIpc) is 2.99. The van der Waals surface area contributed by atoms with Gasteiger partial charge in [-0.25, -0.2) is 9.78 Å². The van der Waals surface area contributed by atoms with E-state index in [9.17, 15) is 4.79 Å². The molecular weight excluding hydrogens is 300 g/mol. The number of rotatable bonds is 4. The minimum absolute atomic E-state index is 0.0610. The summed E-state index contributed by atoms with van der Waals surface area (Å²) in [6, 6.07) is 15.4. The van der Waals surface area contributed by atoms with Crippen LogP contribution in [-0.2, 0) is 0 Å². The number of nitrogens with zero attached hydrogens (tertiary/aromatic N) is 1. The number of fused-ring (bicyclic) bond motifs is 1. The van der Waals surface area contributed by atoms with Gasteiger partial charge in [-0.15, -0.1) is 0 Å². The van der Waals surface area contributed by atoms with Gasteiger partial charge in [0.05, 0.1) is 23.1 Å². The molecule has 2 atom stereocenters. The fourth-order valence-electron chi connectivity index (χ4n) is 2.83. The molecule has 0 radical (unpaired) electrons. The lowest BCUT2D eigenvalue weighted by atomic mass is 10.0. The number of H-pyrrole nitrogens is 1. The SMILES string of the molecule is Cc1ccccc1C(C)NC(=O)NC(C)c1nc2ccccc2[nH]1. The number of carbonyl (C=O) groups is 1. The number of amides is 2. The van der Waals surface area contributed by atoms with Gasteiger partial charge < -0.3 is 15.6 Å². The monoisotopic (exact) mass is 322 g/mol. The molecule has 3 N–H and O–H groups in total. The number of aromatic amines is 1. The molecule has 0 fully saturated rings. The maximum absolute atomic E-state index is 12.3. The van der Waals surface area contributed by atoms with Gasteiger partial charge in [0.25, 0.3) is 0 Å². The van der Waals surface area contributed by atoms with Gasteiger partial charge in [0.15, 0.2) is 0 Å². The molecule has 124 valence electrons. The predicted molar refractivity (Wildman–Crippen MR) is 95.8 cm³/mol. The molecule has 0 bridgehead atoms. The van der Waals surface area contributed by atoms with Gasteiger partial charge in [-0.1, -0.05) is 36.4 Å². The average molecular weight is 322 g/mol. The number of para-hydroxylation sites is 2. The highest BCUT2D eigenvalue weighted by Crippen LogP contribution is 2.18. The second-order valence-electron chi connectivity index (χ2n) is 6.06. The van der Waals surface area contributed by atoms with Crippen molar-refractivity contribution in [2.24, 2.45) is 0 Å². The van der Waals surface area contributed by atoms with E-state index in [2.05, 4.69) is 20.6 Å². The summed E-state index contributed by atoms with van der Waals surface area (Å²) in [5.74, 6) is 0.745. The van der Waals surface area contributed by atoms with E-state index in [1.54, 1.807) is 0 Å². The molecule has 2 aromatic carbocycles. The zero-order valence-electron chi connectivity index (χ0n) is 14.1. The van der Waals surface area contributed by atoms with E-state index < -0.39 is 0 Å². The van der Waals surface area contributed by atoms with Gasteiger partial charge >= 0.3 is 6.03 Å². The van der Waals surface area contributed by atoms with Gasteiger partial charge in [0.2, 0.25) is 0 Å². The van der Waals surface area contributed by atoms with Crippen LogP contribution in [0.15, 0.2) is 48.5 Å². The van der Waals surface area contributed by atoms with Crippen LogP contribution in [0.2, 0.25) is 0 Å². The van der Waals surface area contributed by atoms with Crippen LogP contribution in [0.25, 0.3) is 11.0 Å². The fraction of sp³-hybridized carbons (Fsp3) is 0.263. The van der Waals surface area contributed by atoms with Gasteiger partial charge in [-0.05, 0) is 44.0 Å². The first kappa shape index (κ1) is 16.1. The summed E-state index contributed by atoms with van der Waals surface area (Å²) >= 11 is 0. The van der Waals surface area contributed by atoms with E-state index in [0.717, 1.165) is 28.0 Å². The Morgan fingerprint density at radius 3 is 2.42 bits per heavy atom. The van der Waals surface area contributed by atoms with Crippen LogP contribution in [0.1, 0.15) is 42.9 Å².